The Morgan fingerprint density at radius 2 is 1.74 bits per heavy atom. The maximum atomic E-state index is 12.9. The van der Waals surface area contributed by atoms with Crippen molar-refractivity contribution in [2.75, 3.05) is 31.1 Å². The number of primary amides is 1. The van der Waals surface area contributed by atoms with E-state index in [2.05, 4.69) is 21.2 Å². The van der Waals surface area contributed by atoms with Gasteiger partial charge in [-0.2, -0.15) is 0 Å². The predicted octanol–water partition coefficient (Wildman–Crippen LogP) is 0.869. The molecule has 3 heterocycles. The molecule has 0 aromatic heterocycles. The van der Waals surface area contributed by atoms with Crippen LogP contribution in [0.3, 0.4) is 0 Å². The van der Waals surface area contributed by atoms with Gasteiger partial charge in [-0.05, 0) is 47.9 Å². The number of rotatable bonds is 5. The second kappa shape index (κ2) is 8.90. The van der Waals surface area contributed by atoms with Crippen molar-refractivity contribution in [3.63, 3.8) is 0 Å². The van der Waals surface area contributed by atoms with Gasteiger partial charge in [-0.3, -0.25) is 29.4 Å². The van der Waals surface area contributed by atoms with Crippen molar-refractivity contribution >= 4 is 29.3 Å². The average Bonchev–Trinajstić information content (AvgIpc) is 3.15. The van der Waals surface area contributed by atoms with Gasteiger partial charge in [-0.15, -0.1) is 0 Å². The lowest BCUT2D eigenvalue weighted by atomic mass is 10.0. The molecule has 4 amide bonds. The van der Waals surface area contributed by atoms with E-state index in [4.69, 9.17) is 5.73 Å². The van der Waals surface area contributed by atoms with Crippen LogP contribution in [0.2, 0.25) is 0 Å². The Labute approximate surface area is 197 Å². The van der Waals surface area contributed by atoms with Crippen LogP contribution in [0, 0.1) is 0 Å². The van der Waals surface area contributed by atoms with Crippen molar-refractivity contribution in [1.82, 2.24) is 15.1 Å². The topological polar surface area (TPSA) is 116 Å². The lowest BCUT2D eigenvalue weighted by Gasteiger charge is -2.36. The van der Waals surface area contributed by atoms with Crippen molar-refractivity contribution in [1.29, 1.82) is 0 Å². The van der Waals surface area contributed by atoms with E-state index < -0.39 is 17.9 Å². The molecule has 3 N–H and O–H groups in total. The molecule has 9 nitrogen and oxygen atoms in total. The zero-order chi connectivity index (χ0) is 23.8. The number of amides is 4. The molecule has 0 spiro atoms. The molecule has 9 heteroatoms. The summed E-state index contributed by atoms with van der Waals surface area (Å²) in [5.41, 5.74) is 9.59. The van der Waals surface area contributed by atoms with Gasteiger partial charge < -0.3 is 15.5 Å². The third kappa shape index (κ3) is 4.26. The minimum Gasteiger partial charge on any atom is -0.369 e. The van der Waals surface area contributed by atoms with Gasteiger partial charge in [0.1, 0.15) is 6.04 Å². The highest BCUT2D eigenvalue weighted by Crippen LogP contribution is 2.31. The Balaban J connectivity index is 1.20. The molecule has 0 radical (unpaired) electrons. The Kier molecular flexibility index (Phi) is 5.79. The fourth-order valence-electron chi connectivity index (χ4n) is 4.95. The quantitative estimate of drug-likeness (QED) is 0.639. The summed E-state index contributed by atoms with van der Waals surface area (Å²) in [7, 11) is 0. The van der Waals surface area contributed by atoms with Crippen LogP contribution in [0.15, 0.2) is 42.5 Å². The highest BCUT2D eigenvalue weighted by atomic mass is 16.2. The summed E-state index contributed by atoms with van der Waals surface area (Å²) in [4.78, 5) is 54.1. The second-order valence-electron chi connectivity index (χ2n) is 9.07. The summed E-state index contributed by atoms with van der Waals surface area (Å²) < 4.78 is 0. The molecule has 1 atom stereocenters. The number of carbonyl (C=O) groups is 4. The van der Waals surface area contributed by atoms with Gasteiger partial charge in [0.05, 0.1) is 0 Å². The van der Waals surface area contributed by atoms with E-state index in [1.165, 1.54) is 0 Å². The highest BCUT2D eigenvalue weighted by Gasteiger charge is 2.39. The molecule has 0 saturated carbocycles. The molecule has 176 valence electrons. The van der Waals surface area contributed by atoms with Crippen molar-refractivity contribution in [3.8, 4) is 0 Å². The Hall–Kier alpha value is -3.72. The van der Waals surface area contributed by atoms with E-state index in [1.807, 2.05) is 24.3 Å². The fraction of sp³-hybridized carbons (Fsp3) is 0.360. The minimum absolute atomic E-state index is 0.150. The lowest BCUT2D eigenvalue weighted by molar-refractivity contribution is -0.136. The van der Waals surface area contributed by atoms with Crippen molar-refractivity contribution in [2.45, 2.75) is 32.0 Å². The lowest BCUT2D eigenvalue weighted by Crippen LogP contribution is -2.52. The molecule has 34 heavy (non-hydrogen) atoms. The third-order valence-electron chi connectivity index (χ3n) is 6.89. The first kappa shape index (κ1) is 22.1. The first-order valence-corrected chi connectivity index (χ1v) is 11.5. The second-order valence-corrected chi connectivity index (χ2v) is 9.07. The molecule has 2 fully saturated rings. The van der Waals surface area contributed by atoms with Gasteiger partial charge in [0.2, 0.25) is 17.7 Å². The van der Waals surface area contributed by atoms with Gasteiger partial charge in [0.25, 0.3) is 5.91 Å². The molecule has 0 aliphatic carbocycles. The Morgan fingerprint density at radius 3 is 2.41 bits per heavy atom. The highest BCUT2D eigenvalue weighted by molar-refractivity contribution is 6.05. The van der Waals surface area contributed by atoms with Crippen LogP contribution < -0.4 is 16.0 Å². The number of piperazine rings is 1. The molecule has 2 aromatic carbocycles. The maximum Gasteiger partial charge on any atom is 0.255 e. The first-order chi connectivity index (χ1) is 16.4. The van der Waals surface area contributed by atoms with E-state index in [1.54, 1.807) is 17.0 Å². The zero-order valence-electron chi connectivity index (χ0n) is 18.8. The van der Waals surface area contributed by atoms with E-state index in [-0.39, 0.29) is 18.2 Å². The van der Waals surface area contributed by atoms with Crippen LogP contribution in [0.25, 0.3) is 0 Å². The number of hydrogen-bond acceptors (Lipinski definition) is 6. The fourth-order valence-corrected chi connectivity index (χ4v) is 4.95. The number of nitrogens with two attached hydrogens (primary N) is 1. The first-order valence-electron chi connectivity index (χ1n) is 11.5. The van der Waals surface area contributed by atoms with Crippen LogP contribution in [-0.2, 0) is 22.7 Å². The number of hydrogen-bond donors (Lipinski definition) is 2. The van der Waals surface area contributed by atoms with E-state index in [0.717, 1.165) is 49.5 Å². The summed E-state index contributed by atoms with van der Waals surface area (Å²) in [6.07, 6.45) is 0.617. The average molecular weight is 462 g/mol. The van der Waals surface area contributed by atoms with Crippen molar-refractivity contribution < 1.29 is 19.2 Å². The number of fused-ring (bicyclic) bond motifs is 1. The maximum absolute atomic E-state index is 12.9. The van der Waals surface area contributed by atoms with Gasteiger partial charge in [-0.25, -0.2) is 0 Å². The van der Waals surface area contributed by atoms with Crippen LogP contribution in [0.4, 0.5) is 5.69 Å². The molecule has 0 bridgehead atoms. The Morgan fingerprint density at radius 1 is 1.00 bits per heavy atom. The Bertz CT molecular complexity index is 1150. The molecule has 3 aliphatic heterocycles. The van der Waals surface area contributed by atoms with Crippen LogP contribution in [-0.4, -0.2) is 65.6 Å². The summed E-state index contributed by atoms with van der Waals surface area (Å²) in [6.45, 7) is 4.72. The molecule has 3 aliphatic rings. The standard InChI is InChI=1S/C25H27N5O4/c26-23(32)17-3-1-16(2-4-17)14-28-9-11-29(12-10-28)19-5-6-20-18(13-19)15-30(25(20)34)21-7-8-22(31)27-24(21)33/h1-6,13,21H,7-12,14-15H2,(H2,26,32)(H,27,31,33). The molecule has 5 rings (SSSR count). The zero-order valence-corrected chi connectivity index (χ0v) is 18.8. The van der Waals surface area contributed by atoms with E-state index in [0.29, 0.717) is 24.1 Å². The number of nitrogens with zero attached hydrogens (tertiary/aromatic N) is 3. The van der Waals surface area contributed by atoms with Gasteiger partial charge >= 0.3 is 0 Å². The largest absolute Gasteiger partial charge is 0.369 e. The monoisotopic (exact) mass is 461 g/mol. The minimum atomic E-state index is -0.596. The molecular formula is C25H27N5O4. The number of piperidine rings is 1. The van der Waals surface area contributed by atoms with Crippen molar-refractivity contribution in [2.24, 2.45) is 5.73 Å². The van der Waals surface area contributed by atoms with E-state index >= 15 is 0 Å². The number of imide groups is 1. The summed E-state index contributed by atoms with van der Waals surface area (Å²) in [5.74, 6) is -1.24. The predicted molar refractivity (Wildman–Crippen MR) is 125 cm³/mol. The molecule has 2 saturated heterocycles. The smallest absolute Gasteiger partial charge is 0.255 e. The molecular weight excluding hydrogens is 434 g/mol. The van der Waals surface area contributed by atoms with Crippen LogP contribution >= 0.6 is 0 Å². The normalized spacial score (nSPS) is 20.9. The summed E-state index contributed by atoms with van der Waals surface area (Å²) >= 11 is 0. The summed E-state index contributed by atoms with van der Waals surface area (Å²) in [5, 5.41) is 2.34. The van der Waals surface area contributed by atoms with Crippen molar-refractivity contribution in [3.05, 3.63) is 64.7 Å². The summed E-state index contributed by atoms with van der Waals surface area (Å²) in [6, 6.07) is 12.7. The molecule has 1 unspecified atom stereocenters. The van der Waals surface area contributed by atoms with Gasteiger partial charge in [0.15, 0.2) is 0 Å². The van der Waals surface area contributed by atoms with Crippen LogP contribution in [0.1, 0.15) is 44.7 Å². The third-order valence-corrected chi connectivity index (χ3v) is 6.89. The number of anilines is 1. The van der Waals surface area contributed by atoms with Crippen LogP contribution in [0.5, 0.6) is 0 Å². The van der Waals surface area contributed by atoms with Gasteiger partial charge in [-0.1, -0.05) is 12.1 Å². The number of carbonyl (C=O) groups excluding carboxylic acids is 4. The number of benzene rings is 2. The molecule has 2 aromatic rings. The number of nitrogens with one attached hydrogen (secondary N) is 1. The van der Waals surface area contributed by atoms with Gasteiger partial charge in [0, 0.05) is 62.5 Å². The van der Waals surface area contributed by atoms with E-state index in [9.17, 15) is 19.2 Å². The SMILES string of the molecule is NC(=O)c1ccc(CN2CCN(c3ccc4c(c3)CN(C3CCC(=O)NC3=O)C4=O)CC2)cc1.